The second-order valence-electron chi connectivity index (χ2n) is 6.18. The molecule has 2 heterocycles. The van der Waals surface area contributed by atoms with Crippen LogP contribution >= 0.6 is 0 Å². The third-order valence-electron chi connectivity index (χ3n) is 3.38. The van der Waals surface area contributed by atoms with E-state index in [1.54, 1.807) is 4.90 Å². The fourth-order valence-corrected chi connectivity index (χ4v) is 2.48. The van der Waals surface area contributed by atoms with E-state index in [-0.39, 0.29) is 24.1 Å². The van der Waals surface area contributed by atoms with Gasteiger partial charge in [0.05, 0.1) is 6.04 Å². The fourth-order valence-electron chi connectivity index (χ4n) is 2.48. The number of rotatable bonds is 1. The van der Waals surface area contributed by atoms with Gasteiger partial charge in [-0.3, -0.25) is 0 Å². The summed E-state index contributed by atoms with van der Waals surface area (Å²) < 4.78 is 10.3. The molecule has 2 aliphatic heterocycles. The Labute approximate surface area is 113 Å². The average Bonchev–Trinajstić information content (AvgIpc) is 2.74. The van der Waals surface area contributed by atoms with Crippen LogP contribution in [0, 0.1) is 5.92 Å². The Kier molecular flexibility index (Phi) is 3.87. The first kappa shape index (κ1) is 14.0. The Bertz CT molecular complexity index is 364. The van der Waals surface area contributed by atoms with Gasteiger partial charge in [-0.2, -0.15) is 0 Å². The summed E-state index contributed by atoms with van der Waals surface area (Å²) in [6, 6.07) is 0.0118. The predicted octanol–water partition coefficient (Wildman–Crippen LogP) is 1.74. The summed E-state index contributed by atoms with van der Waals surface area (Å²) in [5.74, 6) is 0.243. The molecule has 19 heavy (non-hydrogen) atoms. The van der Waals surface area contributed by atoms with Gasteiger partial charge in [-0.1, -0.05) is 0 Å². The van der Waals surface area contributed by atoms with E-state index in [0.717, 1.165) is 12.8 Å². The minimum Gasteiger partial charge on any atom is -0.447 e. The van der Waals surface area contributed by atoms with Crippen molar-refractivity contribution >= 4 is 12.2 Å². The van der Waals surface area contributed by atoms with Crippen LogP contribution in [0.2, 0.25) is 0 Å². The molecule has 2 atom stereocenters. The zero-order valence-corrected chi connectivity index (χ0v) is 11.8. The molecule has 0 aromatic rings. The Hall–Kier alpha value is -1.46. The molecule has 2 aliphatic rings. The van der Waals surface area contributed by atoms with Crippen LogP contribution in [-0.4, -0.2) is 48.4 Å². The van der Waals surface area contributed by atoms with Gasteiger partial charge < -0.3 is 19.7 Å². The molecule has 2 rings (SSSR count). The molecule has 6 heteroatoms. The van der Waals surface area contributed by atoms with Gasteiger partial charge in [0.15, 0.2) is 0 Å². The number of nitrogens with zero attached hydrogens (tertiary/aromatic N) is 1. The molecule has 0 radical (unpaired) electrons. The van der Waals surface area contributed by atoms with E-state index in [4.69, 9.17) is 9.47 Å². The van der Waals surface area contributed by atoms with Gasteiger partial charge in [0.1, 0.15) is 12.2 Å². The molecule has 6 nitrogen and oxygen atoms in total. The molecule has 2 saturated heterocycles. The number of carbonyl (C=O) groups is 2. The first-order chi connectivity index (χ1) is 8.85. The molecular formula is C13H22N2O4. The van der Waals surface area contributed by atoms with Crippen molar-refractivity contribution in [1.82, 2.24) is 10.2 Å². The van der Waals surface area contributed by atoms with Crippen molar-refractivity contribution in [3.05, 3.63) is 0 Å². The molecule has 2 fully saturated rings. The van der Waals surface area contributed by atoms with E-state index in [1.807, 2.05) is 20.8 Å². The highest BCUT2D eigenvalue weighted by Crippen LogP contribution is 2.23. The number of amides is 2. The quantitative estimate of drug-likeness (QED) is 0.788. The van der Waals surface area contributed by atoms with E-state index in [9.17, 15) is 9.59 Å². The van der Waals surface area contributed by atoms with Crippen LogP contribution in [0.4, 0.5) is 9.59 Å². The normalized spacial score (nSPS) is 27.7. The lowest BCUT2D eigenvalue weighted by Crippen LogP contribution is -2.48. The Morgan fingerprint density at radius 1 is 1.47 bits per heavy atom. The highest BCUT2D eigenvalue weighted by molar-refractivity contribution is 5.70. The third kappa shape index (κ3) is 3.75. The molecule has 0 bridgehead atoms. The van der Waals surface area contributed by atoms with Crippen LogP contribution in [0.15, 0.2) is 0 Å². The van der Waals surface area contributed by atoms with Crippen molar-refractivity contribution < 1.29 is 19.1 Å². The summed E-state index contributed by atoms with van der Waals surface area (Å²) in [7, 11) is 0. The predicted molar refractivity (Wildman–Crippen MR) is 68.8 cm³/mol. The van der Waals surface area contributed by atoms with Crippen molar-refractivity contribution in [3.8, 4) is 0 Å². The third-order valence-corrected chi connectivity index (χ3v) is 3.38. The van der Waals surface area contributed by atoms with Crippen LogP contribution in [0.1, 0.15) is 33.6 Å². The molecule has 1 N–H and O–H groups in total. The highest BCUT2D eigenvalue weighted by Gasteiger charge is 2.35. The molecule has 0 spiro atoms. The van der Waals surface area contributed by atoms with Gasteiger partial charge in [0, 0.05) is 19.0 Å². The first-order valence-corrected chi connectivity index (χ1v) is 6.76. The molecular weight excluding hydrogens is 248 g/mol. The number of piperidine rings is 1. The summed E-state index contributed by atoms with van der Waals surface area (Å²) in [6.07, 6.45) is 1.28. The molecule has 0 aromatic heterocycles. The molecule has 0 aliphatic carbocycles. The van der Waals surface area contributed by atoms with E-state index < -0.39 is 5.60 Å². The minimum atomic E-state index is -0.477. The van der Waals surface area contributed by atoms with Gasteiger partial charge in [-0.15, -0.1) is 0 Å². The van der Waals surface area contributed by atoms with Gasteiger partial charge in [-0.05, 0) is 33.6 Å². The molecule has 0 saturated carbocycles. The number of hydrogen-bond acceptors (Lipinski definition) is 4. The van der Waals surface area contributed by atoms with Gasteiger partial charge in [0.2, 0.25) is 0 Å². The van der Waals surface area contributed by atoms with Crippen molar-refractivity contribution in [2.45, 2.75) is 45.3 Å². The van der Waals surface area contributed by atoms with E-state index in [2.05, 4.69) is 5.32 Å². The number of alkyl carbamates (subject to hydrolysis) is 1. The maximum absolute atomic E-state index is 12.0. The maximum atomic E-state index is 12.0. The van der Waals surface area contributed by atoms with E-state index in [1.165, 1.54) is 0 Å². The maximum Gasteiger partial charge on any atom is 0.410 e. The number of nitrogens with one attached hydrogen (secondary N) is 1. The summed E-state index contributed by atoms with van der Waals surface area (Å²) in [5.41, 5.74) is -0.477. The van der Waals surface area contributed by atoms with Crippen molar-refractivity contribution in [3.63, 3.8) is 0 Å². The smallest absolute Gasteiger partial charge is 0.410 e. The van der Waals surface area contributed by atoms with Gasteiger partial charge >= 0.3 is 12.2 Å². The summed E-state index contributed by atoms with van der Waals surface area (Å²) in [4.78, 5) is 24.8. The lowest BCUT2D eigenvalue weighted by atomic mass is 9.91. The largest absolute Gasteiger partial charge is 0.447 e. The topological polar surface area (TPSA) is 67.9 Å². The van der Waals surface area contributed by atoms with Crippen LogP contribution < -0.4 is 5.32 Å². The summed E-state index contributed by atoms with van der Waals surface area (Å²) in [6.45, 7) is 7.30. The van der Waals surface area contributed by atoms with Crippen molar-refractivity contribution in [2.24, 2.45) is 5.92 Å². The number of ether oxygens (including phenoxy) is 2. The average molecular weight is 270 g/mol. The van der Waals surface area contributed by atoms with Crippen molar-refractivity contribution in [1.29, 1.82) is 0 Å². The van der Waals surface area contributed by atoms with Crippen LogP contribution in [0.3, 0.4) is 0 Å². The van der Waals surface area contributed by atoms with Gasteiger partial charge in [-0.25, -0.2) is 9.59 Å². The van der Waals surface area contributed by atoms with Gasteiger partial charge in [0.25, 0.3) is 0 Å². The van der Waals surface area contributed by atoms with Crippen LogP contribution in [0.5, 0.6) is 0 Å². The van der Waals surface area contributed by atoms with Crippen LogP contribution in [0.25, 0.3) is 0 Å². The SMILES string of the molecule is CC(C)(C)OC(=O)N1CCCC(C2COC(=O)N2)C1. The lowest BCUT2D eigenvalue weighted by Gasteiger charge is -2.35. The molecule has 0 aromatic carbocycles. The van der Waals surface area contributed by atoms with E-state index in [0.29, 0.717) is 19.7 Å². The fraction of sp³-hybridized carbons (Fsp3) is 0.846. The molecule has 2 unspecified atom stereocenters. The molecule has 108 valence electrons. The number of cyclic esters (lactones) is 1. The monoisotopic (exact) mass is 270 g/mol. The first-order valence-electron chi connectivity index (χ1n) is 6.76. The standard InChI is InChI=1S/C13H22N2O4/c1-13(2,3)19-12(17)15-6-4-5-9(7-15)10-8-18-11(16)14-10/h9-10H,4-8H2,1-3H3,(H,14,16). The molecule has 2 amide bonds. The highest BCUT2D eigenvalue weighted by atomic mass is 16.6. The second-order valence-corrected chi connectivity index (χ2v) is 6.18. The zero-order valence-electron chi connectivity index (χ0n) is 11.8. The number of likely N-dealkylation sites (tertiary alicyclic amines) is 1. The van der Waals surface area contributed by atoms with Crippen LogP contribution in [-0.2, 0) is 9.47 Å². The number of hydrogen-bond donors (Lipinski definition) is 1. The summed E-state index contributed by atoms with van der Waals surface area (Å²) >= 11 is 0. The number of carbonyl (C=O) groups excluding carboxylic acids is 2. The Balaban J connectivity index is 1.90. The Morgan fingerprint density at radius 2 is 2.21 bits per heavy atom. The summed E-state index contributed by atoms with van der Waals surface area (Å²) in [5, 5.41) is 2.79. The van der Waals surface area contributed by atoms with Crippen molar-refractivity contribution in [2.75, 3.05) is 19.7 Å². The second kappa shape index (κ2) is 5.27. The lowest BCUT2D eigenvalue weighted by molar-refractivity contribution is 0.0146. The minimum absolute atomic E-state index is 0.0118. The Morgan fingerprint density at radius 3 is 2.79 bits per heavy atom. The van der Waals surface area contributed by atoms with E-state index >= 15 is 0 Å². The zero-order chi connectivity index (χ0) is 14.0.